The van der Waals surface area contributed by atoms with Gasteiger partial charge < -0.3 is 9.73 Å². The Morgan fingerprint density at radius 1 is 0.943 bits per heavy atom. The van der Waals surface area contributed by atoms with Crippen LogP contribution in [0.2, 0.25) is 0 Å². The number of fused-ring (bicyclic) bond motifs is 1. The summed E-state index contributed by atoms with van der Waals surface area (Å²) in [5.41, 5.74) is 1.57. The largest absolute Gasteiger partial charge is 0.409 e. The van der Waals surface area contributed by atoms with Gasteiger partial charge in [0.1, 0.15) is 5.82 Å². The van der Waals surface area contributed by atoms with Crippen molar-refractivity contribution >= 4 is 34.1 Å². The predicted octanol–water partition coefficient (Wildman–Crippen LogP) is 4.36. The summed E-state index contributed by atoms with van der Waals surface area (Å²) < 4.78 is 20.2. The minimum atomic E-state index is -0.382. The molecule has 0 unspecified atom stereocenters. The first-order valence-electron chi connectivity index (χ1n) is 10.6. The summed E-state index contributed by atoms with van der Waals surface area (Å²) in [4.78, 5) is 25.2. The molecule has 0 aliphatic heterocycles. The van der Waals surface area contributed by atoms with Crippen molar-refractivity contribution in [3.8, 4) is 11.6 Å². The number of amides is 1. The molecule has 0 bridgehead atoms. The van der Waals surface area contributed by atoms with Gasteiger partial charge in [0.2, 0.25) is 5.91 Å². The van der Waals surface area contributed by atoms with Gasteiger partial charge in [-0.2, -0.15) is 5.10 Å². The van der Waals surface area contributed by atoms with E-state index in [1.165, 1.54) is 28.9 Å². The quantitative estimate of drug-likeness (QED) is 0.340. The highest BCUT2D eigenvalue weighted by molar-refractivity contribution is 7.99. The number of carbonyl (C=O) groups excluding carboxylic acids is 1. The number of benzene rings is 3. The summed E-state index contributed by atoms with van der Waals surface area (Å²) in [6.45, 7) is 0.289. The lowest BCUT2D eigenvalue weighted by molar-refractivity contribution is -0.113. The summed E-state index contributed by atoms with van der Waals surface area (Å²) in [6.07, 6.45) is 0. The van der Waals surface area contributed by atoms with E-state index < -0.39 is 0 Å². The first-order chi connectivity index (χ1) is 17.1. The van der Waals surface area contributed by atoms with E-state index in [2.05, 4.69) is 20.6 Å². The zero-order valence-corrected chi connectivity index (χ0v) is 19.0. The maximum atomic E-state index is 13.0. The Hall–Kier alpha value is -4.31. The van der Waals surface area contributed by atoms with Gasteiger partial charge in [0, 0.05) is 11.1 Å². The van der Waals surface area contributed by atoms with E-state index >= 15 is 0 Å². The standard InChI is InChI=1S/C25H18FN5O3S/c26-17-10-12-18(13-11-17)27-21(32)15-35-25-29-28-23(34-25)22-19-8-4-5-9-20(19)24(33)31(30-22)14-16-6-2-1-3-7-16/h1-13H,14-15H2,(H,27,32). The molecule has 0 fully saturated rings. The van der Waals surface area contributed by atoms with Crippen molar-refractivity contribution in [1.29, 1.82) is 0 Å². The third-order valence-electron chi connectivity index (χ3n) is 5.11. The molecular weight excluding hydrogens is 469 g/mol. The van der Waals surface area contributed by atoms with E-state index in [0.29, 0.717) is 22.2 Å². The third kappa shape index (κ3) is 5.12. The number of thioether (sulfide) groups is 1. The average Bonchev–Trinajstić information content (AvgIpc) is 3.35. The number of anilines is 1. The van der Waals surface area contributed by atoms with Gasteiger partial charge in [-0.25, -0.2) is 9.07 Å². The van der Waals surface area contributed by atoms with Gasteiger partial charge in [0.15, 0.2) is 5.69 Å². The van der Waals surface area contributed by atoms with E-state index in [-0.39, 0.29) is 40.7 Å². The zero-order valence-electron chi connectivity index (χ0n) is 18.2. The molecule has 3 aromatic carbocycles. The van der Waals surface area contributed by atoms with Crippen LogP contribution < -0.4 is 10.9 Å². The van der Waals surface area contributed by atoms with Crippen LogP contribution in [0.25, 0.3) is 22.4 Å². The number of halogens is 1. The van der Waals surface area contributed by atoms with Gasteiger partial charge in [-0.05, 0) is 35.9 Å². The number of rotatable bonds is 7. The van der Waals surface area contributed by atoms with Crippen LogP contribution in [-0.2, 0) is 11.3 Å². The molecule has 174 valence electrons. The van der Waals surface area contributed by atoms with E-state index in [1.807, 2.05) is 30.3 Å². The van der Waals surface area contributed by atoms with Crippen molar-refractivity contribution in [3.05, 3.63) is 101 Å². The fraction of sp³-hybridized carbons (Fsp3) is 0.0800. The number of aromatic nitrogens is 4. The van der Waals surface area contributed by atoms with Crippen LogP contribution >= 0.6 is 11.8 Å². The molecule has 0 radical (unpaired) electrons. The van der Waals surface area contributed by atoms with Crippen molar-refractivity contribution in [2.45, 2.75) is 11.8 Å². The maximum absolute atomic E-state index is 13.0. The average molecular weight is 488 g/mol. The van der Waals surface area contributed by atoms with Crippen LogP contribution in [0.15, 0.2) is 93.3 Å². The number of hydrogen-bond donors (Lipinski definition) is 1. The molecule has 0 aliphatic rings. The van der Waals surface area contributed by atoms with Crippen molar-refractivity contribution in [1.82, 2.24) is 20.0 Å². The molecule has 0 saturated heterocycles. The number of hydrogen-bond acceptors (Lipinski definition) is 7. The molecule has 0 atom stereocenters. The van der Waals surface area contributed by atoms with Gasteiger partial charge >= 0.3 is 0 Å². The summed E-state index contributed by atoms with van der Waals surface area (Å²) in [5, 5.41) is 16.6. The highest BCUT2D eigenvalue weighted by Gasteiger charge is 2.18. The fourth-order valence-electron chi connectivity index (χ4n) is 3.48. The van der Waals surface area contributed by atoms with Gasteiger partial charge in [-0.3, -0.25) is 9.59 Å². The molecule has 1 amide bonds. The van der Waals surface area contributed by atoms with E-state index in [1.54, 1.807) is 24.3 Å². The molecule has 10 heteroatoms. The van der Waals surface area contributed by atoms with Crippen LogP contribution in [0.5, 0.6) is 0 Å². The van der Waals surface area contributed by atoms with E-state index in [0.717, 1.165) is 17.3 Å². The molecule has 5 rings (SSSR count). The predicted molar refractivity (Wildman–Crippen MR) is 131 cm³/mol. The molecular formula is C25H18FN5O3S. The number of carbonyl (C=O) groups is 1. The summed E-state index contributed by atoms with van der Waals surface area (Å²) in [6, 6.07) is 22.1. The minimum absolute atomic E-state index is 0.0146. The maximum Gasteiger partial charge on any atom is 0.277 e. The molecule has 2 heterocycles. The third-order valence-corrected chi connectivity index (χ3v) is 5.93. The molecule has 0 spiro atoms. The van der Waals surface area contributed by atoms with Gasteiger partial charge in [0.05, 0.1) is 17.7 Å². The zero-order chi connectivity index (χ0) is 24.2. The van der Waals surface area contributed by atoms with Crippen LogP contribution in [0.3, 0.4) is 0 Å². The van der Waals surface area contributed by atoms with Gasteiger partial charge in [-0.15, -0.1) is 10.2 Å². The minimum Gasteiger partial charge on any atom is -0.409 e. The van der Waals surface area contributed by atoms with E-state index in [9.17, 15) is 14.0 Å². The molecule has 0 saturated carbocycles. The fourth-order valence-corrected chi connectivity index (χ4v) is 4.04. The monoisotopic (exact) mass is 487 g/mol. The van der Waals surface area contributed by atoms with Gasteiger partial charge in [0.25, 0.3) is 16.7 Å². The molecule has 1 N–H and O–H groups in total. The lowest BCUT2D eigenvalue weighted by Crippen LogP contribution is -2.24. The smallest absolute Gasteiger partial charge is 0.277 e. The van der Waals surface area contributed by atoms with Crippen LogP contribution in [0.4, 0.5) is 10.1 Å². The SMILES string of the molecule is O=C(CSc1nnc(-c2nn(Cc3ccccc3)c(=O)c3ccccc23)o1)Nc1ccc(F)cc1. The molecule has 35 heavy (non-hydrogen) atoms. The van der Waals surface area contributed by atoms with Gasteiger partial charge in [-0.1, -0.05) is 60.3 Å². The molecule has 2 aromatic heterocycles. The van der Waals surface area contributed by atoms with Crippen LogP contribution in [-0.4, -0.2) is 31.6 Å². The molecule has 8 nitrogen and oxygen atoms in total. The highest BCUT2D eigenvalue weighted by atomic mass is 32.2. The van der Waals surface area contributed by atoms with Crippen molar-refractivity contribution in [2.75, 3.05) is 11.1 Å². The first kappa shape index (κ1) is 22.5. The number of nitrogens with zero attached hydrogens (tertiary/aromatic N) is 4. The normalized spacial score (nSPS) is 11.0. The highest BCUT2D eigenvalue weighted by Crippen LogP contribution is 2.26. The second kappa shape index (κ2) is 9.90. The Kier molecular flexibility index (Phi) is 6.36. The Morgan fingerprint density at radius 3 is 2.43 bits per heavy atom. The Bertz CT molecular complexity index is 1550. The number of nitrogens with one attached hydrogen (secondary N) is 1. The van der Waals surface area contributed by atoms with Crippen LogP contribution in [0, 0.1) is 5.82 Å². The lowest BCUT2D eigenvalue weighted by atomic mass is 10.1. The van der Waals surface area contributed by atoms with E-state index in [4.69, 9.17) is 4.42 Å². The summed E-state index contributed by atoms with van der Waals surface area (Å²) >= 11 is 1.06. The van der Waals surface area contributed by atoms with Crippen LogP contribution in [0.1, 0.15) is 5.56 Å². The first-order valence-corrected chi connectivity index (χ1v) is 11.6. The van der Waals surface area contributed by atoms with Crippen molar-refractivity contribution in [2.24, 2.45) is 0 Å². The molecule has 0 aliphatic carbocycles. The second-order valence-corrected chi connectivity index (χ2v) is 8.49. The van der Waals surface area contributed by atoms with Crippen molar-refractivity contribution in [3.63, 3.8) is 0 Å². The van der Waals surface area contributed by atoms with Crippen molar-refractivity contribution < 1.29 is 13.6 Å². The Balaban J connectivity index is 1.38. The topological polar surface area (TPSA) is 103 Å². The second-order valence-electron chi connectivity index (χ2n) is 7.56. The summed E-state index contributed by atoms with van der Waals surface area (Å²) in [5.74, 6) is -0.529. The summed E-state index contributed by atoms with van der Waals surface area (Å²) in [7, 11) is 0. The Labute approximate surface area is 202 Å². The Morgan fingerprint density at radius 2 is 1.66 bits per heavy atom. The molecule has 5 aromatic rings. The lowest BCUT2D eigenvalue weighted by Gasteiger charge is -2.09.